The molecule has 0 fully saturated rings. The van der Waals surface area contributed by atoms with Crippen molar-refractivity contribution in [3.05, 3.63) is 16.4 Å². The lowest BCUT2D eigenvalue weighted by Crippen LogP contribution is -2.03. The number of aliphatic hydroxyl groups is 1. The van der Waals surface area contributed by atoms with Crippen molar-refractivity contribution in [2.75, 3.05) is 6.61 Å². The van der Waals surface area contributed by atoms with Gasteiger partial charge in [-0.1, -0.05) is 0 Å². The van der Waals surface area contributed by atoms with Crippen LogP contribution >= 0.6 is 0 Å². The summed E-state index contributed by atoms with van der Waals surface area (Å²) >= 11 is 0. The van der Waals surface area contributed by atoms with Crippen molar-refractivity contribution in [1.82, 2.24) is 0 Å². The van der Waals surface area contributed by atoms with Gasteiger partial charge in [0, 0.05) is 13.3 Å². The third kappa shape index (κ3) is 6.49. The highest BCUT2D eigenvalue weighted by atomic mass is 16.5. The molecule has 0 heterocycles. The predicted octanol–water partition coefficient (Wildman–Crippen LogP) is 2.75. The predicted molar refractivity (Wildman–Crippen MR) is 55.5 cm³/mol. The minimum Gasteiger partial charge on any atom is -0.505 e. The van der Waals surface area contributed by atoms with Gasteiger partial charge in [0.2, 0.25) is 5.39 Å². The molecule has 0 spiro atoms. The van der Waals surface area contributed by atoms with E-state index in [1.807, 2.05) is 0 Å². The number of aliphatic hydroxyl groups excluding tert-OH is 1. The van der Waals surface area contributed by atoms with Gasteiger partial charge in [-0.3, -0.25) is 4.79 Å². The van der Waals surface area contributed by atoms with E-state index in [4.69, 9.17) is 15.2 Å². The fourth-order valence-electron chi connectivity index (χ4n) is 1.10. The van der Waals surface area contributed by atoms with Gasteiger partial charge in [-0.2, -0.15) is 0 Å². The summed E-state index contributed by atoms with van der Waals surface area (Å²) in [7, 11) is 0. The number of ether oxygens (including phenoxy) is 1. The number of hydrogen-bond donors (Lipinski definition) is 1. The Hall–Kier alpha value is -1.57. The minimum absolute atomic E-state index is 0.00800. The summed E-state index contributed by atoms with van der Waals surface area (Å²) in [5.41, 5.74) is 0.263. The number of unbranched alkanes of at least 4 members (excludes halogenated alkanes) is 1. The normalized spacial score (nSPS) is 11.5. The molecule has 0 aliphatic carbocycles. The van der Waals surface area contributed by atoms with E-state index in [-0.39, 0.29) is 17.4 Å². The summed E-state index contributed by atoms with van der Waals surface area (Å²) in [5.74, 6) is -0.210. The topological polar surface area (TPSA) is 74.7 Å². The second kappa shape index (κ2) is 7.80. The van der Waals surface area contributed by atoms with Gasteiger partial charge < -0.3 is 9.84 Å². The summed E-state index contributed by atoms with van der Waals surface area (Å²) in [6, 6.07) is 0. The van der Waals surface area contributed by atoms with Crippen molar-refractivity contribution in [3.63, 3.8) is 0 Å². The van der Waals surface area contributed by atoms with Crippen molar-refractivity contribution in [2.24, 2.45) is 0 Å². The number of diazo groups is 1. The second-order valence-electron chi connectivity index (χ2n) is 3.14. The summed E-state index contributed by atoms with van der Waals surface area (Å²) in [6.07, 6.45) is 2.15. The molecule has 0 radical (unpaired) electrons. The Morgan fingerprint density at radius 3 is 2.47 bits per heavy atom. The molecule has 0 aromatic heterocycles. The molecule has 0 saturated carbocycles. The van der Waals surface area contributed by atoms with Crippen LogP contribution in [0.15, 0.2) is 11.5 Å². The standard InChI is InChI=1S/C10H16N2O3/c1-3-15-10(14)7-5-4-6-9(12-11)8(2)13/h3-7H2,1-2H3/p+1/b9-8+. The van der Waals surface area contributed by atoms with E-state index in [9.17, 15) is 4.79 Å². The smallest absolute Gasteiger partial charge is 0.398 e. The zero-order valence-electron chi connectivity index (χ0n) is 9.19. The Morgan fingerprint density at radius 1 is 1.40 bits per heavy atom. The first kappa shape index (κ1) is 13.4. The molecule has 5 nitrogen and oxygen atoms in total. The lowest BCUT2D eigenvalue weighted by molar-refractivity contribution is -0.143. The fourth-order valence-corrected chi connectivity index (χ4v) is 1.10. The zero-order valence-corrected chi connectivity index (χ0v) is 9.19. The molecule has 0 unspecified atom stereocenters. The maximum atomic E-state index is 10.9. The van der Waals surface area contributed by atoms with E-state index in [0.29, 0.717) is 32.3 Å². The number of rotatable bonds is 6. The Kier molecular flexibility index (Phi) is 6.98. The lowest BCUT2D eigenvalue weighted by atomic mass is 10.1. The molecule has 0 saturated heterocycles. The summed E-state index contributed by atoms with van der Waals surface area (Å²) in [5, 5.41) is 17.5. The second-order valence-corrected chi connectivity index (χ2v) is 3.14. The number of carbonyl (C=O) groups is 1. The third-order valence-electron chi connectivity index (χ3n) is 1.89. The number of allylic oxidation sites excluding steroid dienone is 2. The van der Waals surface area contributed by atoms with Gasteiger partial charge in [0.15, 0.2) is 10.7 Å². The molecule has 84 valence electrons. The molecule has 15 heavy (non-hydrogen) atoms. The molecule has 0 bridgehead atoms. The van der Waals surface area contributed by atoms with Gasteiger partial charge in [0.25, 0.3) is 0 Å². The minimum atomic E-state index is -0.218. The highest BCUT2D eigenvalue weighted by molar-refractivity contribution is 5.69. The Morgan fingerprint density at radius 2 is 2.00 bits per heavy atom. The van der Waals surface area contributed by atoms with Gasteiger partial charge in [0.05, 0.1) is 13.0 Å². The monoisotopic (exact) mass is 213 g/mol. The number of hydrogen-bond acceptors (Lipinski definition) is 4. The van der Waals surface area contributed by atoms with Crippen LogP contribution in [0.1, 0.15) is 39.5 Å². The average molecular weight is 213 g/mol. The van der Waals surface area contributed by atoms with E-state index >= 15 is 0 Å². The number of esters is 1. The molecule has 0 rings (SSSR count). The molecule has 1 N–H and O–H groups in total. The molecular formula is C10H17N2O3+. The zero-order chi connectivity index (χ0) is 11.7. The molecule has 0 aromatic carbocycles. The fraction of sp³-hybridized carbons (Fsp3) is 0.700. The van der Waals surface area contributed by atoms with Crippen molar-refractivity contribution >= 4 is 5.97 Å². The van der Waals surface area contributed by atoms with Crippen LogP contribution in [0.3, 0.4) is 0 Å². The van der Waals surface area contributed by atoms with E-state index in [2.05, 4.69) is 4.98 Å². The van der Waals surface area contributed by atoms with Crippen LogP contribution in [0.2, 0.25) is 0 Å². The van der Waals surface area contributed by atoms with E-state index in [1.165, 1.54) is 6.92 Å². The summed E-state index contributed by atoms with van der Waals surface area (Å²) in [6.45, 7) is 3.62. The first-order valence-corrected chi connectivity index (χ1v) is 5.01. The summed E-state index contributed by atoms with van der Waals surface area (Å²) in [4.78, 5) is 13.9. The quantitative estimate of drug-likeness (QED) is 0.318. The van der Waals surface area contributed by atoms with Crippen LogP contribution in [-0.4, -0.2) is 17.7 Å². The van der Waals surface area contributed by atoms with Gasteiger partial charge >= 0.3 is 11.7 Å². The van der Waals surface area contributed by atoms with Crippen molar-refractivity contribution in [3.8, 4) is 0 Å². The van der Waals surface area contributed by atoms with Crippen LogP contribution in [0.4, 0.5) is 0 Å². The largest absolute Gasteiger partial charge is 0.505 e. The SMILES string of the molecule is CCOC(=O)CCCC/C([N+]#N)=C(/C)O. The van der Waals surface area contributed by atoms with Crippen LogP contribution in [0.25, 0.3) is 4.98 Å². The number of carbonyl (C=O) groups excluding carboxylic acids is 1. The Balaban J connectivity index is 3.68. The highest BCUT2D eigenvalue weighted by Crippen LogP contribution is 2.13. The van der Waals surface area contributed by atoms with Gasteiger partial charge in [-0.05, 0) is 19.8 Å². The van der Waals surface area contributed by atoms with E-state index in [0.717, 1.165) is 0 Å². The maximum Gasteiger partial charge on any atom is 0.398 e. The van der Waals surface area contributed by atoms with Crippen molar-refractivity contribution < 1.29 is 14.6 Å². The molecule has 0 aliphatic rings. The molecule has 0 atom stereocenters. The van der Waals surface area contributed by atoms with Crippen LogP contribution in [0, 0.1) is 5.39 Å². The molecule has 0 amide bonds. The molecular weight excluding hydrogens is 196 g/mol. The van der Waals surface area contributed by atoms with E-state index < -0.39 is 0 Å². The first-order chi connectivity index (χ1) is 7.11. The molecule has 0 aliphatic heterocycles. The van der Waals surface area contributed by atoms with Crippen LogP contribution in [0.5, 0.6) is 0 Å². The van der Waals surface area contributed by atoms with Gasteiger partial charge in [-0.25, -0.2) is 0 Å². The van der Waals surface area contributed by atoms with E-state index in [1.54, 1.807) is 6.92 Å². The average Bonchev–Trinajstić information content (AvgIpc) is 2.17. The van der Waals surface area contributed by atoms with Crippen molar-refractivity contribution in [2.45, 2.75) is 39.5 Å². The number of nitrogens with zero attached hydrogens (tertiary/aromatic N) is 2. The molecule has 0 aromatic rings. The maximum absolute atomic E-state index is 10.9. The van der Waals surface area contributed by atoms with Crippen molar-refractivity contribution in [1.29, 1.82) is 5.39 Å². The van der Waals surface area contributed by atoms with Gasteiger partial charge in [0.1, 0.15) is 0 Å². The Labute approximate surface area is 89.4 Å². The highest BCUT2D eigenvalue weighted by Gasteiger charge is 2.14. The third-order valence-corrected chi connectivity index (χ3v) is 1.89. The lowest BCUT2D eigenvalue weighted by Gasteiger charge is -1.99. The Bertz CT molecular complexity index is 275. The summed E-state index contributed by atoms with van der Waals surface area (Å²) < 4.78 is 4.75. The molecule has 5 heteroatoms. The van der Waals surface area contributed by atoms with Gasteiger partial charge in [-0.15, -0.1) is 0 Å². The van der Waals surface area contributed by atoms with Crippen LogP contribution < -0.4 is 0 Å². The first-order valence-electron chi connectivity index (χ1n) is 5.01. The van der Waals surface area contributed by atoms with Crippen LogP contribution in [-0.2, 0) is 9.53 Å².